The summed E-state index contributed by atoms with van der Waals surface area (Å²) in [5, 5.41) is 14.1. The number of halogens is 4. The molecule has 0 aromatic rings. The van der Waals surface area contributed by atoms with Crippen LogP contribution < -0.4 is 10.6 Å². The molecule has 0 bridgehead atoms. The number of nitrogens with one attached hydrogen (secondary N) is 2. The van der Waals surface area contributed by atoms with Gasteiger partial charge in [0.2, 0.25) is 17.8 Å². The van der Waals surface area contributed by atoms with Crippen molar-refractivity contribution in [1.82, 2.24) is 15.5 Å². The summed E-state index contributed by atoms with van der Waals surface area (Å²) in [6.07, 6.45) is -2.51. The minimum Gasteiger partial charge on any atom is -0.480 e. The summed E-state index contributed by atoms with van der Waals surface area (Å²) < 4.78 is 63.8. The Labute approximate surface area is 291 Å². The Morgan fingerprint density at radius 1 is 0.740 bits per heavy atom. The number of carbonyl (C=O) groups excluding carboxylic acids is 4. The smallest absolute Gasteiger partial charge is 0.408 e. The lowest BCUT2D eigenvalue weighted by Gasteiger charge is -2.38. The zero-order chi connectivity index (χ0) is 38.2. The molecule has 15 heteroatoms. The SMILES string of the molecule is CC(=O)C1[C@@H]2[C@H](CN1C(=O)[C@@H](NC(=O)OC(C)(C)C)C1CCC(F)(F)CC1)C2(C)C.CC(C)(C)OC(=O)N[C@H](C(=O)O)C1CCC(F)(F)CC1. The number of rotatable bonds is 7. The maximum Gasteiger partial charge on any atom is 0.408 e. The average Bonchev–Trinajstić information content (AvgIpc) is 3.25. The summed E-state index contributed by atoms with van der Waals surface area (Å²) in [7, 11) is 0. The lowest BCUT2D eigenvalue weighted by Crippen LogP contribution is -2.57. The van der Waals surface area contributed by atoms with E-state index in [1.54, 1.807) is 46.4 Å². The molecule has 50 heavy (non-hydrogen) atoms. The predicted molar refractivity (Wildman–Crippen MR) is 175 cm³/mol. The lowest BCUT2D eigenvalue weighted by atomic mass is 9.81. The molecule has 1 aliphatic heterocycles. The maximum absolute atomic E-state index is 13.7. The number of carbonyl (C=O) groups is 5. The van der Waals surface area contributed by atoms with Crippen LogP contribution in [0.5, 0.6) is 0 Å². The van der Waals surface area contributed by atoms with Crippen LogP contribution in [0.1, 0.15) is 114 Å². The zero-order valence-electron chi connectivity index (χ0n) is 30.7. The van der Waals surface area contributed by atoms with Crippen LogP contribution in [-0.4, -0.2) is 87.6 Å². The number of aliphatic carboxylic acids is 1. The number of ether oxygens (including phenoxy) is 2. The maximum atomic E-state index is 13.7. The molecule has 4 rings (SSSR count). The van der Waals surface area contributed by atoms with Gasteiger partial charge in [-0.25, -0.2) is 31.9 Å². The monoisotopic (exact) mass is 721 g/mol. The van der Waals surface area contributed by atoms with Crippen LogP contribution in [0.15, 0.2) is 0 Å². The highest BCUT2D eigenvalue weighted by atomic mass is 19.3. The third-order valence-electron chi connectivity index (χ3n) is 10.3. The van der Waals surface area contributed by atoms with Gasteiger partial charge in [0.25, 0.3) is 0 Å². The number of Topliss-reactive ketones (excluding diaryl/α,β-unsaturated/α-hetero) is 1. The summed E-state index contributed by atoms with van der Waals surface area (Å²) >= 11 is 0. The zero-order valence-corrected chi connectivity index (χ0v) is 30.7. The number of amides is 3. The number of carboxylic acids is 1. The molecule has 1 heterocycles. The van der Waals surface area contributed by atoms with Crippen molar-refractivity contribution in [2.24, 2.45) is 29.1 Å². The van der Waals surface area contributed by atoms with Gasteiger partial charge >= 0.3 is 18.2 Å². The van der Waals surface area contributed by atoms with E-state index in [4.69, 9.17) is 14.6 Å². The molecule has 1 unspecified atom stereocenters. The van der Waals surface area contributed by atoms with Crippen molar-refractivity contribution in [2.75, 3.05) is 6.54 Å². The first-order valence-corrected chi connectivity index (χ1v) is 17.4. The standard InChI is InChI=1S/C22H34F2N2O4.C13H21F2NO4/c1-12(27)17-15-14(21(15,5)6)11-26(17)18(28)16(25-19(29)30-20(2,3)4)13-7-9-22(23,24)10-8-13;1-12(2,3)20-11(19)16-9(10(17)18)8-4-6-13(14,15)7-5-8/h13-17H,7-11H2,1-6H3,(H,25,29);8-9H,4-7H2,1-3H3,(H,16,19)(H,17,18)/t14-,15-,16-,17?;9-/m00/s1. The van der Waals surface area contributed by atoms with E-state index in [0.29, 0.717) is 6.54 Å². The van der Waals surface area contributed by atoms with Crippen molar-refractivity contribution in [1.29, 1.82) is 0 Å². The molecule has 0 aromatic carbocycles. The molecular weight excluding hydrogens is 666 g/mol. The number of ketones is 1. The third-order valence-corrected chi connectivity index (χ3v) is 10.3. The molecule has 4 fully saturated rings. The van der Waals surface area contributed by atoms with E-state index in [1.807, 2.05) is 0 Å². The summed E-state index contributed by atoms with van der Waals surface area (Å²) in [4.78, 5) is 62.7. The van der Waals surface area contributed by atoms with E-state index < -0.39 is 71.2 Å². The number of hydrogen-bond donors (Lipinski definition) is 3. The van der Waals surface area contributed by atoms with Gasteiger partial charge in [0.1, 0.15) is 23.3 Å². The van der Waals surface area contributed by atoms with E-state index in [0.717, 1.165) is 0 Å². The highest BCUT2D eigenvalue weighted by Crippen LogP contribution is 2.65. The highest BCUT2D eigenvalue weighted by molar-refractivity contribution is 5.93. The Morgan fingerprint density at radius 2 is 1.12 bits per heavy atom. The summed E-state index contributed by atoms with van der Waals surface area (Å²) in [6.45, 7) is 16.2. The van der Waals surface area contributed by atoms with Crippen molar-refractivity contribution in [3.8, 4) is 0 Å². The lowest BCUT2D eigenvalue weighted by molar-refractivity contribution is -0.143. The second kappa shape index (κ2) is 14.8. The molecule has 0 radical (unpaired) electrons. The van der Waals surface area contributed by atoms with Gasteiger partial charge in [0.15, 0.2) is 5.78 Å². The molecule has 286 valence electrons. The molecule has 3 saturated carbocycles. The highest BCUT2D eigenvalue weighted by Gasteiger charge is 2.69. The molecule has 5 atom stereocenters. The van der Waals surface area contributed by atoms with E-state index in [1.165, 1.54) is 6.92 Å². The Hall–Kier alpha value is -3.13. The number of alkyl halides is 4. The van der Waals surface area contributed by atoms with Gasteiger partial charge in [-0.3, -0.25) is 9.59 Å². The van der Waals surface area contributed by atoms with Crippen LogP contribution in [0.25, 0.3) is 0 Å². The van der Waals surface area contributed by atoms with Crippen molar-refractivity contribution < 1.29 is 56.1 Å². The topological polar surface area (TPSA) is 151 Å². The Balaban J connectivity index is 0.000000295. The van der Waals surface area contributed by atoms with Crippen molar-refractivity contribution in [3.05, 3.63) is 0 Å². The van der Waals surface area contributed by atoms with Crippen LogP contribution in [0.2, 0.25) is 0 Å². The fraction of sp³-hybridized carbons (Fsp3) is 0.857. The number of alkyl carbamates (subject to hydrolysis) is 2. The fourth-order valence-electron chi connectivity index (χ4n) is 7.58. The van der Waals surface area contributed by atoms with Crippen LogP contribution in [-0.2, 0) is 23.9 Å². The van der Waals surface area contributed by atoms with E-state index in [9.17, 15) is 41.5 Å². The minimum atomic E-state index is -2.74. The molecule has 0 spiro atoms. The first kappa shape index (κ1) is 41.3. The Bertz CT molecular complexity index is 1280. The van der Waals surface area contributed by atoms with Gasteiger partial charge in [-0.2, -0.15) is 0 Å². The van der Waals surface area contributed by atoms with Gasteiger partial charge in [0.05, 0.1) is 6.04 Å². The van der Waals surface area contributed by atoms with Gasteiger partial charge in [-0.05, 0) is 103 Å². The largest absolute Gasteiger partial charge is 0.480 e. The molecule has 3 aliphatic carbocycles. The molecule has 4 aliphatic rings. The molecule has 3 amide bonds. The second-order valence-corrected chi connectivity index (χ2v) is 17.0. The van der Waals surface area contributed by atoms with Gasteiger partial charge in [-0.15, -0.1) is 0 Å². The normalized spacial score (nSPS) is 27.0. The summed E-state index contributed by atoms with van der Waals surface area (Å²) in [5.41, 5.74) is -1.49. The Morgan fingerprint density at radius 3 is 1.48 bits per heavy atom. The number of nitrogens with zero attached hydrogens (tertiary/aromatic N) is 1. The van der Waals surface area contributed by atoms with E-state index in [2.05, 4.69) is 24.5 Å². The van der Waals surface area contributed by atoms with Crippen molar-refractivity contribution in [3.63, 3.8) is 0 Å². The third kappa shape index (κ3) is 10.9. The van der Waals surface area contributed by atoms with Crippen LogP contribution in [0, 0.1) is 29.1 Å². The Kier molecular flexibility index (Phi) is 12.3. The molecular formula is C35H55F4N3O8. The quantitative estimate of drug-likeness (QED) is 0.250. The summed E-state index contributed by atoms with van der Waals surface area (Å²) in [5.74, 6) is -7.70. The van der Waals surface area contributed by atoms with Gasteiger partial charge < -0.3 is 30.1 Å². The fourth-order valence-corrected chi connectivity index (χ4v) is 7.58. The summed E-state index contributed by atoms with van der Waals surface area (Å²) in [6, 6.07) is -2.69. The van der Waals surface area contributed by atoms with Gasteiger partial charge in [-0.1, -0.05) is 13.8 Å². The number of piperidine rings is 1. The van der Waals surface area contributed by atoms with E-state index in [-0.39, 0.29) is 80.3 Å². The van der Waals surface area contributed by atoms with Crippen LogP contribution >= 0.6 is 0 Å². The molecule has 11 nitrogen and oxygen atoms in total. The number of likely N-dealkylation sites (tertiary alicyclic amines) is 1. The van der Waals surface area contributed by atoms with Gasteiger partial charge in [0, 0.05) is 32.2 Å². The number of hydrogen-bond acceptors (Lipinski definition) is 7. The van der Waals surface area contributed by atoms with Crippen molar-refractivity contribution in [2.45, 2.75) is 155 Å². The predicted octanol–water partition coefficient (Wildman–Crippen LogP) is 6.57. The van der Waals surface area contributed by atoms with Crippen molar-refractivity contribution >= 4 is 29.8 Å². The van der Waals surface area contributed by atoms with Crippen LogP contribution in [0.3, 0.4) is 0 Å². The minimum absolute atomic E-state index is 0.00804. The first-order valence-electron chi connectivity index (χ1n) is 17.4. The molecule has 0 aromatic heterocycles. The molecule has 1 saturated heterocycles. The number of carboxylic acid groups (broad SMARTS) is 1. The average molecular weight is 722 g/mol. The van der Waals surface area contributed by atoms with Crippen LogP contribution in [0.4, 0.5) is 27.2 Å². The first-order chi connectivity index (χ1) is 22.6. The second-order valence-electron chi connectivity index (χ2n) is 17.0. The van der Waals surface area contributed by atoms with E-state index >= 15 is 0 Å². The number of fused-ring (bicyclic) bond motifs is 1. The molecule has 3 N–H and O–H groups in total.